The van der Waals surface area contributed by atoms with E-state index >= 15 is 0 Å². The molecule has 0 bridgehead atoms. The predicted molar refractivity (Wildman–Crippen MR) is 91.6 cm³/mol. The minimum absolute atomic E-state index is 0.0658. The van der Waals surface area contributed by atoms with E-state index in [2.05, 4.69) is 0 Å². The number of ketones is 1. The second-order valence-electron chi connectivity index (χ2n) is 5.20. The van der Waals surface area contributed by atoms with E-state index in [4.69, 9.17) is 4.74 Å². The fourth-order valence-electron chi connectivity index (χ4n) is 2.45. The maximum absolute atomic E-state index is 12.4. The molecular weight excluding hydrogens is 288 g/mol. The number of methoxy groups -OCH3 is 1. The average Bonchev–Trinajstić information content (AvgIpc) is 2.59. The van der Waals surface area contributed by atoms with Gasteiger partial charge in [0.1, 0.15) is 0 Å². The van der Waals surface area contributed by atoms with Crippen LogP contribution in [0.15, 0.2) is 54.6 Å². The summed E-state index contributed by atoms with van der Waals surface area (Å²) in [6.07, 6.45) is 4.77. The van der Waals surface area contributed by atoms with E-state index in [-0.39, 0.29) is 11.8 Å². The summed E-state index contributed by atoms with van der Waals surface area (Å²) in [5.74, 6) is -0.306. The highest BCUT2D eigenvalue weighted by Crippen LogP contribution is 2.15. The first-order chi connectivity index (χ1) is 11.2. The van der Waals surface area contributed by atoms with Crippen molar-refractivity contribution in [1.82, 2.24) is 0 Å². The van der Waals surface area contributed by atoms with E-state index in [1.54, 1.807) is 12.1 Å². The zero-order chi connectivity index (χ0) is 16.7. The van der Waals surface area contributed by atoms with Gasteiger partial charge in [-0.2, -0.15) is 0 Å². The number of carbonyl (C=O) groups is 2. The Morgan fingerprint density at radius 1 is 1.09 bits per heavy atom. The summed E-state index contributed by atoms with van der Waals surface area (Å²) < 4.78 is 4.78. The van der Waals surface area contributed by atoms with Crippen LogP contribution >= 0.6 is 0 Å². The van der Waals surface area contributed by atoms with Crippen molar-refractivity contribution in [2.75, 3.05) is 7.11 Å². The fourth-order valence-corrected chi connectivity index (χ4v) is 2.45. The molecule has 0 saturated heterocycles. The van der Waals surface area contributed by atoms with Crippen LogP contribution in [0.5, 0.6) is 0 Å². The van der Waals surface area contributed by atoms with Crippen LogP contribution in [-0.2, 0) is 11.2 Å². The van der Waals surface area contributed by atoms with Gasteiger partial charge in [-0.3, -0.25) is 4.79 Å². The summed E-state index contributed by atoms with van der Waals surface area (Å²) in [7, 11) is 1.36. The Hall–Kier alpha value is -2.68. The minimum Gasteiger partial charge on any atom is -0.465 e. The number of rotatable bonds is 6. The highest BCUT2D eigenvalue weighted by atomic mass is 16.5. The van der Waals surface area contributed by atoms with Crippen LogP contribution in [0.4, 0.5) is 0 Å². The molecule has 0 heterocycles. The first-order valence-electron chi connectivity index (χ1n) is 7.58. The Bertz CT molecular complexity index is 729. The Morgan fingerprint density at radius 3 is 2.61 bits per heavy atom. The van der Waals surface area contributed by atoms with Crippen molar-refractivity contribution in [3.8, 4) is 0 Å². The van der Waals surface area contributed by atoms with Gasteiger partial charge in [-0.1, -0.05) is 48.6 Å². The lowest BCUT2D eigenvalue weighted by molar-refractivity contribution is 0.0599. The molecular formula is C20H20O3. The smallest absolute Gasteiger partial charge is 0.338 e. The molecule has 0 amide bonds. The molecule has 0 unspecified atom stereocenters. The third-order valence-corrected chi connectivity index (χ3v) is 3.61. The molecule has 0 fully saturated rings. The van der Waals surface area contributed by atoms with E-state index < -0.39 is 0 Å². The van der Waals surface area contributed by atoms with Crippen molar-refractivity contribution in [3.63, 3.8) is 0 Å². The number of Topliss-reactive ketones (excluding diaryl/α,β-unsaturated/α-hetero) is 1. The monoisotopic (exact) mass is 308 g/mol. The Labute approximate surface area is 136 Å². The first kappa shape index (κ1) is 16.7. The molecule has 0 spiro atoms. The van der Waals surface area contributed by atoms with Crippen molar-refractivity contribution in [3.05, 3.63) is 76.9 Å². The number of benzene rings is 2. The van der Waals surface area contributed by atoms with E-state index in [1.807, 2.05) is 55.5 Å². The summed E-state index contributed by atoms with van der Waals surface area (Å²) in [5.41, 5.74) is 3.05. The van der Waals surface area contributed by atoms with E-state index in [0.29, 0.717) is 24.0 Å². The standard InChI is InChI=1S/C20H20O3/c1-3-7-15-8-6-10-17(14-15)19(21)13-12-16-9-4-5-11-18(16)20(22)23-2/h3-11,14H,12-13H2,1-2H3/b7-3+. The first-order valence-corrected chi connectivity index (χ1v) is 7.58. The zero-order valence-corrected chi connectivity index (χ0v) is 13.4. The summed E-state index contributed by atoms with van der Waals surface area (Å²) in [4.78, 5) is 24.1. The summed E-state index contributed by atoms with van der Waals surface area (Å²) in [5, 5.41) is 0. The van der Waals surface area contributed by atoms with Gasteiger partial charge in [0, 0.05) is 12.0 Å². The molecule has 23 heavy (non-hydrogen) atoms. The molecule has 0 saturated carbocycles. The van der Waals surface area contributed by atoms with Gasteiger partial charge in [0.05, 0.1) is 12.7 Å². The number of hydrogen-bond donors (Lipinski definition) is 0. The van der Waals surface area contributed by atoms with Crippen LogP contribution in [0.3, 0.4) is 0 Å². The van der Waals surface area contributed by atoms with Gasteiger partial charge in [0.25, 0.3) is 0 Å². The lowest BCUT2D eigenvalue weighted by atomic mass is 9.98. The maximum Gasteiger partial charge on any atom is 0.338 e. The van der Waals surface area contributed by atoms with Gasteiger partial charge in [0.15, 0.2) is 5.78 Å². The average molecular weight is 308 g/mol. The van der Waals surface area contributed by atoms with Crippen LogP contribution in [0, 0.1) is 0 Å². The van der Waals surface area contributed by atoms with Crippen molar-refractivity contribution in [2.24, 2.45) is 0 Å². The number of aryl methyl sites for hydroxylation is 1. The Balaban J connectivity index is 2.11. The maximum atomic E-state index is 12.4. The van der Waals surface area contributed by atoms with Crippen LogP contribution in [0.1, 0.15) is 45.2 Å². The van der Waals surface area contributed by atoms with Gasteiger partial charge >= 0.3 is 5.97 Å². The van der Waals surface area contributed by atoms with E-state index in [0.717, 1.165) is 11.1 Å². The zero-order valence-electron chi connectivity index (χ0n) is 13.4. The van der Waals surface area contributed by atoms with E-state index in [1.165, 1.54) is 7.11 Å². The molecule has 0 atom stereocenters. The molecule has 3 heteroatoms. The van der Waals surface area contributed by atoms with Gasteiger partial charge in [-0.15, -0.1) is 0 Å². The van der Waals surface area contributed by atoms with Crippen molar-refractivity contribution >= 4 is 17.8 Å². The number of carbonyl (C=O) groups excluding carboxylic acids is 2. The third-order valence-electron chi connectivity index (χ3n) is 3.61. The molecule has 0 radical (unpaired) electrons. The SMILES string of the molecule is C/C=C/c1cccc(C(=O)CCc2ccccc2C(=O)OC)c1. The van der Waals surface area contributed by atoms with Crippen molar-refractivity contribution in [1.29, 1.82) is 0 Å². The quantitative estimate of drug-likeness (QED) is 0.589. The number of esters is 1. The number of ether oxygens (including phenoxy) is 1. The third kappa shape index (κ3) is 4.39. The molecule has 2 aromatic rings. The summed E-state index contributed by atoms with van der Waals surface area (Å²) in [6.45, 7) is 1.94. The number of hydrogen-bond acceptors (Lipinski definition) is 3. The molecule has 3 nitrogen and oxygen atoms in total. The van der Waals surface area contributed by atoms with E-state index in [9.17, 15) is 9.59 Å². The fraction of sp³-hybridized carbons (Fsp3) is 0.200. The lowest BCUT2D eigenvalue weighted by Gasteiger charge is -2.07. The highest BCUT2D eigenvalue weighted by Gasteiger charge is 2.13. The second kappa shape index (κ2) is 8.08. The molecule has 0 N–H and O–H groups in total. The topological polar surface area (TPSA) is 43.4 Å². The minimum atomic E-state index is -0.372. The van der Waals surface area contributed by atoms with Crippen LogP contribution in [0.25, 0.3) is 6.08 Å². The molecule has 0 aliphatic heterocycles. The predicted octanol–water partition coefficient (Wildman–Crippen LogP) is 4.32. The van der Waals surface area contributed by atoms with Crippen LogP contribution < -0.4 is 0 Å². The highest BCUT2D eigenvalue weighted by molar-refractivity contribution is 5.97. The van der Waals surface area contributed by atoms with Gasteiger partial charge in [-0.25, -0.2) is 4.79 Å². The Kier molecular flexibility index (Phi) is 5.87. The Morgan fingerprint density at radius 2 is 1.87 bits per heavy atom. The summed E-state index contributed by atoms with van der Waals surface area (Å²) >= 11 is 0. The molecule has 118 valence electrons. The van der Waals surface area contributed by atoms with Crippen LogP contribution in [0.2, 0.25) is 0 Å². The van der Waals surface area contributed by atoms with Crippen molar-refractivity contribution < 1.29 is 14.3 Å². The van der Waals surface area contributed by atoms with Gasteiger partial charge in [-0.05, 0) is 36.6 Å². The summed E-state index contributed by atoms with van der Waals surface area (Å²) in [6, 6.07) is 14.8. The molecule has 2 aromatic carbocycles. The van der Waals surface area contributed by atoms with Gasteiger partial charge in [0.2, 0.25) is 0 Å². The molecule has 0 aliphatic rings. The van der Waals surface area contributed by atoms with Crippen LogP contribution in [-0.4, -0.2) is 18.9 Å². The van der Waals surface area contributed by atoms with Crippen molar-refractivity contribution in [2.45, 2.75) is 19.8 Å². The molecule has 0 aliphatic carbocycles. The normalized spacial score (nSPS) is 10.7. The molecule has 2 rings (SSSR count). The van der Waals surface area contributed by atoms with Gasteiger partial charge < -0.3 is 4.74 Å². The second-order valence-corrected chi connectivity index (χ2v) is 5.20. The molecule has 0 aromatic heterocycles. The largest absolute Gasteiger partial charge is 0.465 e. The number of allylic oxidation sites excluding steroid dienone is 1. The lowest BCUT2D eigenvalue weighted by Crippen LogP contribution is -2.08.